The Morgan fingerprint density at radius 3 is 2.48 bits per heavy atom. The number of fused-ring (bicyclic) bond motifs is 2. The molecule has 3 heteroatoms. The van der Waals surface area contributed by atoms with Gasteiger partial charge in [-0.3, -0.25) is 4.98 Å². The van der Waals surface area contributed by atoms with E-state index in [2.05, 4.69) is 73.2 Å². The van der Waals surface area contributed by atoms with E-state index >= 15 is 0 Å². The van der Waals surface area contributed by atoms with Gasteiger partial charge >= 0.3 is 0 Å². The zero-order valence-corrected chi connectivity index (χ0v) is 16.8. The molecule has 0 atom stereocenters. The second-order valence-corrected chi connectivity index (χ2v) is 8.44. The van der Waals surface area contributed by atoms with E-state index in [9.17, 15) is 0 Å². The zero-order chi connectivity index (χ0) is 20.0. The smallest absolute Gasteiger partial charge is 0.226 e. The zero-order valence-electron chi connectivity index (χ0n) is 16.8. The lowest BCUT2D eigenvalue weighted by Crippen LogP contribution is -2.12. The molecule has 0 aliphatic rings. The van der Waals surface area contributed by atoms with Gasteiger partial charge in [0.15, 0.2) is 0 Å². The van der Waals surface area contributed by atoms with Gasteiger partial charge in [-0.1, -0.05) is 45.0 Å². The van der Waals surface area contributed by atoms with Gasteiger partial charge in [-0.25, -0.2) is 4.98 Å². The summed E-state index contributed by atoms with van der Waals surface area (Å²) in [7, 11) is 0. The Hall–Kier alpha value is -3.46. The lowest BCUT2D eigenvalue weighted by atomic mass is 9.82. The molecule has 0 bridgehead atoms. The molecule has 0 aliphatic carbocycles. The lowest BCUT2D eigenvalue weighted by Gasteiger charge is -2.22. The minimum Gasteiger partial charge on any atom is -0.446 e. The summed E-state index contributed by atoms with van der Waals surface area (Å²) in [5.41, 5.74) is 6.00. The van der Waals surface area contributed by atoms with Crippen LogP contribution in [0.2, 0.25) is 0 Å². The van der Waals surface area contributed by atoms with E-state index in [4.69, 9.17) is 4.42 Å². The van der Waals surface area contributed by atoms with Crippen LogP contribution in [0.25, 0.3) is 44.4 Å². The number of aromatic nitrogens is 2. The summed E-state index contributed by atoms with van der Waals surface area (Å²) in [6.07, 6.45) is 3.52. The molecule has 29 heavy (non-hydrogen) atoms. The van der Waals surface area contributed by atoms with Crippen molar-refractivity contribution in [3.8, 4) is 22.5 Å². The van der Waals surface area contributed by atoms with Crippen LogP contribution >= 0.6 is 0 Å². The monoisotopic (exact) mass is 378 g/mol. The largest absolute Gasteiger partial charge is 0.446 e. The maximum absolute atomic E-state index is 5.47. The Morgan fingerprint density at radius 1 is 0.759 bits per heavy atom. The van der Waals surface area contributed by atoms with Crippen LogP contribution in [0.15, 0.2) is 83.6 Å². The van der Waals surface area contributed by atoms with E-state index in [-0.39, 0.29) is 5.41 Å². The van der Waals surface area contributed by atoms with Crippen molar-refractivity contribution in [3.05, 3.63) is 84.8 Å². The van der Waals surface area contributed by atoms with Crippen LogP contribution in [0.3, 0.4) is 0 Å². The van der Waals surface area contributed by atoms with Gasteiger partial charge in [0.25, 0.3) is 0 Å². The summed E-state index contributed by atoms with van der Waals surface area (Å²) >= 11 is 0. The molecule has 0 aliphatic heterocycles. The second-order valence-electron chi connectivity index (χ2n) is 8.44. The summed E-state index contributed by atoms with van der Waals surface area (Å²) in [4.78, 5) is 9.32. The van der Waals surface area contributed by atoms with Crippen LogP contribution in [-0.2, 0) is 5.41 Å². The van der Waals surface area contributed by atoms with Crippen molar-refractivity contribution in [3.63, 3.8) is 0 Å². The predicted octanol–water partition coefficient (Wildman–Crippen LogP) is 7.01. The first-order valence-corrected chi connectivity index (χ1v) is 9.83. The molecule has 0 saturated heterocycles. The van der Waals surface area contributed by atoms with Crippen LogP contribution in [-0.4, -0.2) is 9.97 Å². The number of pyridine rings is 2. The van der Waals surface area contributed by atoms with E-state index in [1.54, 1.807) is 6.26 Å². The Bertz CT molecular complexity index is 1340. The van der Waals surface area contributed by atoms with E-state index in [0.29, 0.717) is 5.71 Å². The highest BCUT2D eigenvalue weighted by Crippen LogP contribution is 2.35. The molecular formula is C26H22N2O. The molecule has 0 radical (unpaired) electrons. The van der Waals surface area contributed by atoms with Crippen LogP contribution in [0.5, 0.6) is 0 Å². The molecule has 0 spiro atoms. The maximum atomic E-state index is 5.47. The second kappa shape index (κ2) is 6.56. The van der Waals surface area contributed by atoms with Gasteiger partial charge in [0.05, 0.1) is 17.7 Å². The Kier molecular flexibility index (Phi) is 3.99. The number of benzene rings is 2. The summed E-state index contributed by atoms with van der Waals surface area (Å²) in [6.45, 7) is 6.76. The summed E-state index contributed by atoms with van der Waals surface area (Å²) < 4.78 is 5.47. The van der Waals surface area contributed by atoms with Gasteiger partial charge in [-0.05, 0) is 64.2 Å². The lowest BCUT2D eigenvalue weighted by molar-refractivity contribution is 0.596. The highest BCUT2D eigenvalue weighted by atomic mass is 16.3. The molecule has 0 fully saturated rings. The number of furan rings is 1. The summed E-state index contributed by atoms with van der Waals surface area (Å²) in [6, 6.07) is 23.1. The van der Waals surface area contributed by atoms with Crippen molar-refractivity contribution in [2.45, 2.75) is 26.2 Å². The van der Waals surface area contributed by atoms with Crippen molar-refractivity contribution in [2.75, 3.05) is 0 Å². The van der Waals surface area contributed by atoms with E-state index < -0.39 is 0 Å². The van der Waals surface area contributed by atoms with Crippen molar-refractivity contribution in [1.29, 1.82) is 0 Å². The van der Waals surface area contributed by atoms with E-state index in [1.807, 2.05) is 30.5 Å². The van der Waals surface area contributed by atoms with Crippen LogP contribution < -0.4 is 0 Å². The predicted molar refractivity (Wildman–Crippen MR) is 119 cm³/mol. The van der Waals surface area contributed by atoms with Crippen molar-refractivity contribution >= 4 is 21.9 Å². The van der Waals surface area contributed by atoms with Crippen LogP contribution in [0.4, 0.5) is 0 Å². The van der Waals surface area contributed by atoms with Crippen molar-refractivity contribution < 1.29 is 4.42 Å². The molecule has 3 aromatic heterocycles. The van der Waals surface area contributed by atoms with Gasteiger partial charge in [0.1, 0.15) is 0 Å². The fourth-order valence-corrected chi connectivity index (χ4v) is 3.83. The number of hydrogen-bond donors (Lipinski definition) is 0. The molecule has 5 rings (SSSR count). The maximum Gasteiger partial charge on any atom is 0.226 e. The highest BCUT2D eigenvalue weighted by molar-refractivity contribution is 5.91. The average Bonchev–Trinajstić information content (AvgIpc) is 3.20. The molecule has 2 aromatic carbocycles. The molecule has 0 amide bonds. The first-order valence-electron chi connectivity index (χ1n) is 9.83. The fraction of sp³-hybridized carbons (Fsp3) is 0.154. The summed E-state index contributed by atoms with van der Waals surface area (Å²) in [5, 5.41) is 3.54. The molecular weight excluding hydrogens is 356 g/mol. The number of hydrogen-bond acceptors (Lipinski definition) is 3. The topological polar surface area (TPSA) is 38.9 Å². The van der Waals surface area contributed by atoms with Crippen molar-refractivity contribution in [2.24, 2.45) is 0 Å². The first-order chi connectivity index (χ1) is 14.0. The van der Waals surface area contributed by atoms with Gasteiger partial charge in [0, 0.05) is 22.7 Å². The third-order valence-electron chi connectivity index (χ3n) is 5.34. The standard InChI is InChI=1S/C26H22N2O/c1-26(2,3)22-15-20(14-18-6-4-5-7-21(18)22)24-16-19(10-12-27-24)23-9-8-17-11-13-29-25(17)28-23/h4-16H,1-3H3. The molecule has 3 nitrogen and oxygen atoms in total. The average molecular weight is 378 g/mol. The highest BCUT2D eigenvalue weighted by Gasteiger charge is 2.18. The van der Waals surface area contributed by atoms with E-state index in [1.165, 1.54) is 16.3 Å². The SMILES string of the molecule is CC(C)(C)c1cc(-c2cc(-c3ccc4ccoc4n3)ccn2)cc2ccccc12. The minimum atomic E-state index is 0.0408. The van der Waals surface area contributed by atoms with Crippen molar-refractivity contribution in [1.82, 2.24) is 9.97 Å². The Labute approximate surface area is 170 Å². The number of nitrogens with zero attached hydrogens (tertiary/aromatic N) is 2. The molecule has 142 valence electrons. The number of rotatable bonds is 2. The molecule has 3 heterocycles. The Balaban J connectivity index is 1.66. The van der Waals surface area contributed by atoms with Gasteiger partial charge in [-0.15, -0.1) is 0 Å². The van der Waals surface area contributed by atoms with Gasteiger partial charge in [-0.2, -0.15) is 0 Å². The summed E-state index contributed by atoms with van der Waals surface area (Å²) in [5.74, 6) is 0. The van der Waals surface area contributed by atoms with Crippen LogP contribution in [0, 0.1) is 0 Å². The van der Waals surface area contributed by atoms with Gasteiger partial charge < -0.3 is 4.42 Å². The third kappa shape index (κ3) is 3.19. The fourth-order valence-electron chi connectivity index (χ4n) is 3.83. The van der Waals surface area contributed by atoms with E-state index in [0.717, 1.165) is 27.9 Å². The molecule has 0 saturated carbocycles. The van der Waals surface area contributed by atoms with Crippen LogP contribution in [0.1, 0.15) is 26.3 Å². The normalized spacial score (nSPS) is 12.0. The Morgan fingerprint density at radius 2 is 1.62 bits per heavy atom. The minimum absolute atomic E-state index is 0.0408. The third-order valence-corrected chi connectivity index (χ3v) is 5.34. The first kappa shape index (κ1) is 17.6. The molecule has 5 aromatic rings. The quantitative estimate of drug-likeness (QED) is 0.332. The molecule has 0 unspecified atom stereocenters. The molecule has 0 N–H and O–H groups in total. The van der Waals surface area contributed by atoms with Gasteiger partial charge in [0.2, 0.25) is 5.71 Å².